The molecule has 0 bridgehead atoms. The van der Waals surface area contributed by atoms with Gasteiger partial charge in [-0.2, -0.15) is 0 Å². The van der Waals surface area contributed by atoms with E-state index in [0.29, 0.717) is 37.4 Å². The smallest absolute Gasteiger partial charge is 0.222 e. The molecule has 5 nitrogen and oxygen atoms in total. The zero-order valence-corrected chi connectivity index (χ0v) is 12.7. The molecule has 0 aliphatic carbocycles. The first-order valence-corrected chi connectivity index (χ1v) is 6.69. The molecule has 0 saturated heterocycles. The molecule has 112 valence electrons. The summed E-state index contributed by atoms with van der Waals surface area (Å²) in [6, 6.07) is 3.84. The molecule has 0 fully saturated rings. The lowest BCUT2D eigenvalue weighted by atomic mass is 10.1. The van der Waals surface area contributed by atoms with Gasteiger partial charge in [0, 0.05) is 20.0 Å². The Balaban J connectivity index is 2.84. The summed E-state index contributed by atoms with van der Waals surface area (Å²) in [4.78, 5) is 13.6. The number of ether oxygens (including phenoxy) is 2. The fourth-order valence-electron chi connectivity index (χ4n) is 1.98. The molecule has 0 radical (unpaired) electrons. The van der Waals surface area contributed by atoms with Gasteiger partial charge in [-0.3, -0.25) is 4.79 Å². The van der Waals surface area contributed by atoms with Crippen LogP contribution in [0, 0.1) is 6.92 Å². The van der Waals surface area contributed by atoms with Crippen LogP contribution in [0.1, 0.15) is 24.0 Å². The average molecular weight is 280 g/mol. The highest BCUT2D eigenvalue weighted by molar-refractivity contribution is 5.75. The predicted octanol–water partition coefficient (Wildman–Crippen LogP) is 1.71. The van der Waals surface area contributed by atoms with Crippen molar-refractivity contribution in [2.45, 2.75) is 26.3 Å². The predicted molar refractivity (Wildman–Crippen MR) is 79.0 cm³/mol. The molecule has 5 heteroatoms. The van der Waals surface area contributed by atoms with Crippen molar-refractivity contribution in [3.8, 4) is 11.5 Å². The van der Waals surface area contributed by atoms with Crippen LogP contribution in [0.2, 0.25) is 0 Å². The molecule has 0 aromatic heterocycles. The van der Waals surface area contributed by atoms with Crippen molar-refractivity contribution in [3.05, 3.63) is 23.3 Å². The van der Waals surface area contributed by atoms with E-state index in [0.717, 1.165) is 11.1 Å². The number of hydrogen-bond donors (Lipinski definition) is 1. The van der Waals surface area contributed by atoms with E-state index < -0.39 is 0 Å². The van der Waals surface area contributed by atoms with E-state index >= 15 is 0 Å². The molecule has 0 heterocycles. The Hall–Kier alpha value is -1.75. The van der Waals surface area contributed by atoms with Gasteiger partial charge >= 0.3 is 0 Å². The third kappa shape index (κ3) is 4.13. The largest absolute Gasteiger partial charge is 0.493 e. The van der Waals surface area contributed by atoms with Crippen LogP contribution in [0.25, 0.3) is 0 Å². The number of carbonyl (C=O) groups is 1. The van der Waals surface area contributed by atoms with Gasteiger partial charge in [0.15, 0.2) is 11.5 Å². The molecular formula is C15H24N2O3. The normalized spacial score (nSPS) is 10.2. The van der Waals surface area contributed by atoms with Crippen molar-refractivity contribution in [2.75, 3.05) is 27.8 Å². The molecule has 1 aromatic carbocycles. The summed E-state index contributed by atoms with van der Waals surface area (Å²) in [7, 11) is 5.02. The molecule has 20 heavy (non-hydrogen) atoms. The topological polar surface area (TPSA) is 64.8 Å². The Labute approximate surface area is 120 Å². The van der Waals surface area contributed by atoms with Crippen LogP contribution in [0.3, 0.4) is 0 Å². The number of hydrogen-bond acceptors (Lipinski definition) is 4. The van der Waals surface area contributed by atoms with Crippen LogP contribution in [-0.4, -0.2) is 38.6 Å². The lowest BCUT2D eigenvalue weighted by Gasteiger charge is -2.20. The Morgan fingerprint density at radius 1 is 1.25 bits per heavy atom. The highest BCUT2D eigenvalue weighted by Crippen LogP contribution is 2.30. The SMILES string of the molecule is COc1cc(C)c(CN(C)C(=O)CCCN)cc1OC. The number of rotatable bonds is 7. The lowest BCUT2D eigenvalue weighted by molar-refractivity contribution is -0.130. The van der Waals surface area contributed by atoms with Crippen molar-refractivity contribution in [1.82, 2.24) is 4.90 Å². The molecular weight excluding hydrogens is 256 g/mol. The van der Waals surface area contributed by atoms with E-state index in [4.69, 9.17) is 15.2 Å². The molecule has 1 rings (SSSR count). The van der Waals surface area contributed by atoms with Gasteiger partial charge in [-0.15, -0.1) is 0 Å². The molecule has 0 atom stereocenters. The number of benzene rings is 1. The van der Waals surface area contributed by atoms with Gasteiger partial charge in [0.05, 0.1) is 14.2 Å². The van der Waals surface area contributed by atoms with E-state index in [1.54, 1.807) is 26.2 Å². The first-order valence-electron chi connectivity index (χ1n) is 6.69. The highest BCUT2D eigenvalue weighted by atomic mass is 16.5. The van der Waals surface area contributed by atoms with Gasteiger partial charge < -0.3 is 20.1 Å². The van der Waals surface area contributed by atoms with Gasteiger partial charge in [-0.05, 0) is 43.1 Å². The molecule has 0 unspecified atom stereocenters. The molecule has 2 N–H and O–H groups in total. The number of methoxy groups -OCH3 is 2. The van der Waals surface area contributed by atoms with Crippen molar-refractivity contribution >= 4 is 5.91 Å². The quantitative estimate of drug-likeness (QED) is 0.826. The summed E-state index contributed by atoms with van der Waals surface area (Å²) in [5.41, 5.74) is 7.54. The zero-order valence-electron chi connectivity index (χ0n) is 12.7. The van der Waals surface area contributed by atoms with Gasteiger partial charge in [-0.1, -0.05) is 0 Å². The van der Waals surface area contributed by atoms with E-state index in [9.17, 15) is 4.79 Å². The minimum absolute atomic E-state index is 0.102. The van der Waals surface area contributed by atoms with Crippen LogP contribution >= 0.6 is 0 Å². The van der Waals surface area contributed by atoms with Crippen molar-refractivity contribution in [2.24, 2.45) is 5.73 Å². The fraction of sp³-hybridized carbons (Fsp3) is 0.533. The van der Waals surface area contributed by atoms with Crippen molar-refractivity contribution < 1.29 is 14.3 Å². The number of nitrogens with zero attached hydrogens (tertiary/aromatic N) is 1. The maximum absolute atomic E-state index is 11.9. The minimum atomic E-state index is 0.102. The molecule has 0 aliphatic rings. The Morgan fingerprint density at radius 2 is 1.85 bits per heavy atom. The molecule has 1 aromatic rings. The first kappa shape index (κ1) is 16.3. The lowest BCUT2D eigenvalue weighted by Crippen LogP contribution is -2.26. The Morgan fingerprint density at radius 3 is 2.40 bits per heavy atom. The van der Waals surface area contributed by atoms with Gasteiger partial charge in [0.2, 0.25) is 5.91 Å². The second kappa shape index (κ2) is 7.75. The summed E-state index contributed by atoms with van der Waals surface area (Å²) in [5.74, 6) is 1.48. The van der Waals surface area contributed by atoms with Gasteiger partial charge in [-0.25, -0.2) is 0 Å². The van der Waals surface area contributed by atoms with Crippen LogP contribution in [-0.2, 0) is 11.3 Å². The van der Waals surface area contributed by atoms with E-state index in [1.165, 1.54) is 0 Å². The van der Waals surface area contributed by atoms with Crippen LogP contribution < -0.4 is 15.2 Å². The fourth-order valence-corrected chi connectivity index (χ4v) is 1.98. The second-order valence-electron chi connectivity index (χ2n) is 4.78. The number of nitrogens with two attached hydrogens (primary N) is 1. The number of amides is 1. The summed E-state index contributed by atoms with van der Waals surface area (Å²) in [6.45, 7) is 3.08. The Bertz CT molecular complexity index is 461. The van der Waals surface area contributed by atoms with Crippen molar-refractivity contribution in [1.29, 1.82) is 0 Å². The van der Waals surface area contributed by atoms with Crippen LogP contribution in [0.5, 0.6) is 11.5 Å². The number of carbonyl (C=O) groups excluding carboxylic acids is 1. The van der Waals surface area contributed by atoms with Crippen molar-refractivity contribution in [3.63, 3.8) is 0 Å². The van der Waals surface area contributed by atoms with E-state index in [1.807, 2.05) is 19.1 Å². The first-order chi connectivity index (χ1) is 9.53. The van der Waals surface area contributed by atoms with E-state index in [2.05, 4.69) is 0 Å². The summed E-state index contributed by atoms with van der Waals surface area (Å²) < 4.78 is 10.6. The van der Waals surface area contributed by atoms with E-state index in [-0.39, 0.29) is 5.91 Å². The molecule has 0 saturated carbocycles. The third-order valence-corrected chi connectivity index (χ3v) is 3.27. The van der Waals surface area contributed by atoms with Gasteiger partial charge in [0.1, 0.15) is 0 Å². The highest BCUT2D eigenvalue weighted by Gasteiger charge is 2.13. The maximum Gasteiger partial charge on any atom is 0.222 e. The molecule has 0 spiro atoms. The summed E-state index contributed by atoms with van der Waals surface area (Å²) >= 11 is 0. The Kier molecular flexibility index (Phi) is 6.31. The third-order valence-electron chi connectivity index (χ3n) is 3.27. The van der Waals surface area contributed by atoms with Crippen LogP contribution in [0.15, 0.2) is 12.1 Å². The standard InChI is InChI=1S/C15H24N2O3/c1-11-8-13(19-3)14(20-4)9-12(11)10-17(2)15(18)6-5-7-16/h8-9H,5-7,10,16H2,1-4H3. The average Bonchev–Trinajstić information content (AvgIpc) is 2.45. The number of aryl methyl sites for hydroxylation is 1. The summed E-state index contributed by atoms with van der Waals surface area (Å²) in [6.07, 6.45) is 1.20. The monoisotopic (exact) mass is 280 g/mol. The molecule has 1 amide bonds. The maximum atomic E-state index is 11.9. The zero-order chi connectivity index (χ0) is 15.1. The molecule has 0 aliphatic heterocycles. The second-order valence-corrected chi connectivity index (χ2v) is 4.78. The summed E-state index contributed by atoms with van der Waals surface area (Å²) in [5, 5.41) is 0. The van der Waals surface area contributed by atoms with Crippen LogP contribution in [0.4, 0.5) is 0 Å². The van der Waals surface area contributed by atoms with Gasteiger partial charge in [0.25, 0.3) is 0 Å². The minimum Gasteiger partial charge on any atom is -0.493 e.